The molecule has 6 rings (SSSR count). The van der Waals surface area contributed by atoms with Gasteiger partial charge in [0.05, 0.1) is 35.4 Å². The standard InChI is InChI=1S/C24H25Cl2N7O2/c1-13-9-19-16(11-32(13)23(34)15-5-6-17(25)18(26)10-15)21-24(35)31(7-8-33(21)28-19)12-20-27-22(14-3-4-14)29-30(20)2/h5-6,10,13-14H,3-4,7-9,11-12H2,1-2H3/t13-/m1/s1. The summed E-state index contributed by atoms with van der Waals surface area (Å²) in [6.07, 6.45) is 2.85. The number of carbonyl (C=O) groups excluding carboxylic acids is 2. The van der Waals surface area contributed by atoms with E-state index in [0.717, 1.165) is 35.7 Å². The molecule has 3 aromatic rings. The fourth-order valence-electron chi connectivity index (χ4n) is 4.94. The van der Waals surface area contributed by atoms with Gasteiger partial charge < -0.3 is 9.80 Å². The first-order valence-electron chi connectivity index (χ1n) is 11.8. The van der Waals surface area contributed by atoms with Crippen molar-refractivity contribution in [2.24, 2.45) is 7.05 Å². The lowest BCUT2D eigenvalue weighted by Gasteiger charge is -2.34. The molecular formula is C24H25Cl2N7O2. The number of hydrogen-bond acceptors (Lipinski definition) is 5. The van der Waals surface area contributed by atoms with E-state index in [1.165, 1.54) is 0 Å². The third kappa shape index (κ3) is 3.90. The second-order valence-corrected chi connectivity index (χ2v) is 10.4. The molecule has 2 amide bonds. The summed E-state index contributed by atoms with van der Waals surface area (Å²) in [5.41, 5.74) is 2.74. The van der Waals surface area contributed by atoms with E-state index in [1.54, 1.807) is 37.4 Å². The van der Waals surface area contributed by atoms with Gasteiger partial charge in [0.15, 0.2) is 5.82 Å². The molecule has 1 aromatic carbocycles. The van der Waals surface area contributed by atoms with Gasteiger partial charge in [0.2, 0.25) is 0 Å². The monoisotopic (exact) mass is 513 g/mol. The van der Waals surface area contributed by atoms with E-state index >= 15 is 0 Å². The van der Waals surface area contributed by atoms with Gasteiger partial charge in [-0.1, -0.05) is 23.2 Å². The molecule has 0 radical (unpaired) electrons. The predicted molar refractivity (Wildman–Crippen MR) is 129 cm³/mol. The number of hydrogen-bond donors (Lipinski definition) is 0. The molecule has 1 saturated carbocycles. The molecule has 182 valence electrons. The van der Waals surface area contributed by atoms with Crippen LogP contribution in [0.25, 0.3) is 0 Å². The lowest BCUT2D eigenvalue weighted by atomic mass is 9.97. The summed E-state index contributed by atoms with van der Waals surface area (Å²) in [5.74, 6) is 1.89. The molecule has 3 aliphatic rings. The Morgan fingerprint density at radius 1 is 1.14 bits per heavy atom. The molecule has 35 heavy (non-hydrogen) atoms. The Morgan fingerprint density at radius 3 is 2.69 bits per heavy atom. The number of nitrogens with zero attached hydrogens (tertiary/aromatic N) is 7. The molecule has 2 aliphatic heterocycles. The summed E-state index contributed by atoms with van der Waals surface area (Å²) in [4.78, 5) is 35.2. The first-order valence-corrected chi connectivity index (χ1v) is 12.6. The minimum absolute atomic E-state index is 0.0629. The summed E-state index contributed by atoms with van der Waals surface area (Å²) in [6.45, 7) is 3.88. The minimum Gasteiger partial charge on any atom is -0.331 e. The van der Waals surface area contributed by atoms with Gasteiger partial charge in [0.25, 0.3) is 11.8 Å². The van der Waals surface area contributed by atoms with Gasteiger partial charge in [0, 0.05) is 43.1 Å². The van der Waals surface area contributed by atoms with E-state index in [2.05, 4.69) is 10.1 Å². The van der Waals surface area contributed by atoms with Crippen LogP contribution >= 0.6 is 23.2 Å². The Balaban J connectivity index is 1.26. The summed E-state index contributed by atoms with van der Waals surface area (Å²) < 4.78 is 3.58. The number of aromatic nitrogens is 5. The van der Waals surface area contributed by atoms with Crippen molar-refractivity contribution in [3.8, 4) is 0 Å². The lowest BCUT2D eigenvalue weighted by Crippen LogP contribution is -2.44. The highest BCUT2D eigenvalue weighted by molar-refractivity contribution is 6.42. The SMILES string of the molecule is C[C@@H]1Cc2nn3c(c2CN1C(=O)c1ccc(Cl)c(Cl)c1)C(=O)N(Cc1nc(C2CC2)nn1C)CC3. The van der Waals surface area contributed by atoms with Crippen LogP contribution in [0.2, 0.25) is 10.0 Å². The van der Waals surface area contributed by atoms with Crippen LogP contribution in [0.15, 0.2) is 18.2 Å². The Morgan fingerprint density at radius 2 is 1.94 bits per heavy atom. The van der Waals surface area contributed by atoms with Crippen LogP contribution in [0.5, 0.6) is 0 Å². The highest BCUT2D eigenvalue weighted by Gasteiger charge is 2.38. The summed E-state index contributed by atoms with van der Waals surface area (Å²) in [7, 11) is 1.88. The minimum atomic E-state index is -0.145. The third-order valence-electron chi connectivity index (χ3n) is 7.13. The molecule has 1 fully saturated rings. The second-order valence-electron chi connectivity index (χ2n) is 9.62. The Hall–Kier alpha value is -2.91. The van der Waals surface area contributed by atoms with Crippen molar-refractivity contribution < 1.29 is 9.59 Å². The Kier molecular flexibility index (Phi) is 5.37. The highest BCUT2D eigenvalue weighted by Crippen LogP contribution is 2.38. The van der Waals surface area contributed by atoms with Crippen LogP contribution in [-0.4, -0.2) is 58.7 Å². The fourth-order valence-corrected chi connectivity index (χ4v) is 5.24. The van der Waals surface area contributed by atoms with Crippen molar-refractivity contribution in [2.75, 3.05) is 6.54 Å². The van der Waals surface area contributed by atoms with Gasteiger partial charge in [-0.15, -0.1) is 0 Å². The lowest BCUT2D eigenvalue weighted by molar-refractivity contribution is 0.0635. The highest BCUT2D eigenvalue weighted by atomic mass is 35.5. The summed E-state index contributed by atoms with van der Waals surface area (Å²) in [6, 6.07) is 4.83. The van der Waals surface area contributed by atoms with E-state index in [-0.39, 0.29) is 17.9 Å². The number of aryl methyl sites for hydroxylation is 1. The van der Waals surface area contributed by atoms with Crippen LogP contribution in [0, 0.1) is 0 Å². The van der Waals surface area contributed by atoms with Crippen LogP contribution < -0.4 is 0 Å². The molecule has 1 aliphatic carbocycles. The topological polar surface area (TPSA) is 89.2 Å². The molecule has 0 saturated heterocycles. The molecular weight excluding hydrogens is 489 g/mol. The van der Waals surface area contributed by atoms with Crippen molar-refractivity contribution >= 4 is 35.0 Å². The summed E-state index contributed by atoms with van der Waals surface area (Å²) in [5, 5.41) is 10.0. The maximum Gasteiger partial charge on any atom is 0.272 e. The van der Waals surface area contributed by atoms with Crippen LogP contribution in [0.1, 0.15) is 69.4 Å². The quantitative estimate of drug-likeness (QED) is 0.532. The van der Waals surface area contributed by atoms with Gasteiger partial charge >= 0.3 is 0 Å². The molecule has 11 heteroatoms. The third-order valence-corrected chi connectivity index (χ3v) is 7.87. The molecule has 0 N–H and O–H groups in total. The Labute approximate surface area is 212 Å². The van der Waals surface area contributed by atoms with Crippen LogP contribution in [-0.2, 0) is 33.1 Å². The fraction of sp³-hybridized carbons (Fsp3) is 0.458. The van der Waals surface area contributed by atoms with Crippen molar-refractivity contribution in [3.05, 3.63) is 62.4 Å². The Bertz CT molecular complexity index is 1360. The summed E-state index contributed by atoms with van der Waals surface area (Å²) >= 11 is 12.2. The predicted octanol–water partition coefficient (Wildman–Crippen LogP) is 3.44. The normalized spacial score (nSPS) is 19.7. The largest absolute Gasteiger partial charge is 0.331 e. The second kappa shape index (κ2) is 8.34. The molecule has 9 nitrogen and oxygen atoms in total. The zero-order chi connectivity index (χ0) is 24.4. The van der Waals surface area contributed by atoms with Crippen LogP contribution in [0.3, 0.4) is 0 Å². The molecule has 2 aromatic heterocycles. The van der Waals surface area contributed by atoms with E-state index in [1.807, 2.05) is 14.0 Å². The first kappa shape index (κ1) is 22.5. The van der Waals surface area contributed by atoms with Crippen LogP contribution in [0.4, 0.5) is 0 Å². The van der Waals surface area contributed by atoms with Gasteiger partial charge in [-0.2, -0.15) is 10.2 Å². The smallest absolute Gasteiger partial charge is 0.272 e. The van der Waals surface area contributed by atoms with Gasteiger partial charge in [-0.05, 0) is 38.0 Å². The first-order chi connectivity index (χ1) is 16.8. The van der Waals surface area contributed by atoms with E-state index in [9.17, 15) is 9.59 Å². The number of halogens is 2. The maximum atomic E-state index is 13.6. The van der Waals surface area contributed by atoms with Gasteiger partial charge in [-0.3, -0.25) is 19.0 Å². The molecule has 4 heterocycles. The van der Waals surface area contributed by atoms with E-state index in [0.29, 0.717) is 59.8 Å². The molecule has 0 bridgehead atoms. The van der Waals surface area contributed by atoms with Crippen molar-refractivity contribution in [1.29, 1.82) is 0 Å². The molecule has 1 atom stereocenters. The number of fused-ring (bicyclic) bond motifs is 3. The van der Waals surface area contributed by atoms with E-state index < -0.39 is 0 Å². The average Bonchev–Trinajstić information content (AvgIpc) is 3.52. The number of carbonyl (C=O) groups is 2. The van der Waals surface area contributed by atoms with Crippen molar-refractivity contribution in [2.45, 2.75) is 57.8 Å². The molecule has 0 spiro atoms. The average molecular weight is 514 g/mol. The number of benzene rings is 1. The maximum absolute atomic E-state index is 13.6. The van der Waals surface area contributed by atoms with Crippen molar-refractivity contribution in [1.82, 2.24) is 34.3 Å². The van der Waals surface area contributed by atoms with Gasteiger partial charge in [0.1, 0.15) is 11.5 Å². The zero-order valence-electron chi connectivity index (χ0n) is 19.5. The van der Waals surface area contributed by atoms with E-state index in [4.69, 9.17) is 28.3 Å². The number of rotatable bonds is 4. The molecule has 0 unspecified atom stereocenters. The number of amides is 2. The van der Waals surface area contributed by atoms with Gasteiger partial charge in [-0.25, -0.2) is 4.98 Å². The zero-order valence-corrected chi connectivity index (χ0v) is 21.1. The van der Waals surface area contributed by atoms with Crippen molar-refractivity contribution in [3.63, 3.8) is 0 Å².